The van der Waals surface area contributed by atoms with Crippen LogP contribution in [0.4, 0.5) is 0 Å². The number of thioether (sulfide) groups is 1. The number of aliphatic hydroxyl groups is 1. The van der Waals surface area contributed by atoms with Crippen molar-refractivity contribution in [1.82, 2.24) is 20.0 Å². The van der Waals surface area contributed by atoms with Gasteiger partial charge in [-0.3, -0.25) is 15.0 Å². The second-order valence-corrected chi connectivity index (χ2v) is 11.0. The molecule has 4 aliphatic heterocycles. The molecule has 2 amide bonds. The van der Waals surface area contributed by atoms with E-state index in [1.54, 1.807) is 13.8 Å². The number of nitrogens with zero attached hydrogens (tertiary/aromatic N) is 3. The smallest absolute Gasteiger partial charge is 0.353 e. The van der Waals surface area contributed by atoms with Gasteiger partial charge in [0, 0.05) is 48.3 Å². The van der Waals surface area contributed by atoms with Crippen LogP contribution in [-0.4, -0.2) is 104 Å². The second kappa shape index (κ2) is 8.92. The summed E-state index contributed by atoms with van der Waals surface area (Å²) in [5, 5.41) is 31.0. The molecule has 0 aliphatic carbocycles. The number of nitrogens with one attached hydrogen (secondary N) is 2. The molecular weight excluding hydrogens is 446 g/mol. The minimum Gasteiger partial charge on any atom is -0.477 e. The van der Waals surface area contributed by atoms with E-state index in [2.05, 4.69) is 5.32 Å². The number of carbonyl (C=O) groups is 3. The zero-order valence-electron chi connectivity index (χ0n) is 19.4. The molecule has 0 bridgehead atoms. The Bertz CT molecular complexity index is 908. The van der Waals surface area contributed by atoms with Crippen LogP contribution in [0.2, 0.25) is 0 Å². The number of carboxylic acids is 1. The van der Waals surface area contributed by atoms with Crippen LogP contribution in [-0.2, 0) is 14.4 Å². The van der Waals surface area contributed by atoms with Crippen molar-refractivity contribution in [3.8, 4) is 0 Å². The third-order valence-corrected chi connectivity index (χ3v) is 8.89. The number of carbonyl (C=O) groups excluding carboxylic acids is 2. The van der Waals surface area contributed by atoms with Crippen molar-refractivity contribution in [2.45, 2.75) is 63.6 Å². The van der Waals surface area contributed by atoms with E-state index in [4.69, 9.17) is 5.41 Å². The highest BCUT2D eigenvalue weighted by Gasteiger charge is 2.60. The zero-order valence-corrected chi connectivity index (χ0v) is 20.3. The first-order valence-electron chi connectivity index (χ1n) is 11.5. The Morgan fingerprint density at radius 1 is 1.27 bits per heavy atom. The molecule has 10 nitrogen and oxygen atoms in total. The molecule has 6 unspecified atom stereocenters. The van der Waals surface area contributed by atoms with Crippen LogP contribution in [0.25, 0.3) is 0 Å². The number of amides is 2. The number of aliphatic carboxylic acids is 1. The number of β-lactam (4-membered cyclic amide) rings is 1. The summed E-state index contributed by atoms with van der Waals surface area (Å²) in [5.41, 5.74) is 0.0286. The maximum absolute atomic E-state index is 13.2. The van der Waals surface area contributed by atoms with Crippen molar-refractivity contribution in [1.29, 1.82) is 5.41 Å². The van der Waals surface area contributed by atoms with E-state index in [1.165, 1.54) is 16.7 Å². The van der Waals surface area contributed by atoms with Crippen molar-refractivity contribution < 1.29 is 24.6 Å². The molecule has 182 valence electrons. The van der Waals surface area contributed by atoms with Gasteiger partial charge in [-0.1, -0.05) is 6.92 Å². The second-order valence-electron chi connectivity index (χ2n) is 9.62. The van der Waals surface area contributed by atoms with Gasteiger partial charge in [0.2, 0.25) is 11.8 Å². The molecule has 3 fully saturated rings. The maximum atomic E-state index is 13.2. The molecule has 7 atom stereocenters. The number of piperazine rings is 1. The van der Waals surface area contributed by atoms with Crippen LogP contribution in [0.15, 0.2) is 10.6 Å². The molecule has 0 spiro atoms. The SMILES string of the molecule is CC(=N)N1CCN(C(=O)C2CC(SC3=C(C(=O)O)N4C(=O)C(C(C)O)[C@@H]4C3C)CN2)C(C)C1. The molecule has 0 aromatic heterocycles. The molecule has 4 aliphatic rings. The predicted octanol–water partition coefficient (Wildman–Crippen LogP) is 0.134. The van der Waals surface area contributed by atoms with Crippen molar-refractivity contribution in [2.75, 3.05) is 26.2 Å². The van der Waals surface area contributed by atoms with Gasteiger partial charge in [-0.15, -0.1) is 11.8 Å². The average Bonchev–Trinajstić information content (AvgIpc) is 3.29. The fraction of sp³-hybridized carbons (Fsp3) is 0.727. The van der Waals surface area contributed by atoms with E-state index in [9.17, 15) is 24.6 Å². The molecule has 0 aromatic rings. The molecule has 4 heterocycles. The van der Waals surface area contributed by atoms with Gasteiger partial charge >= 0.3 is 5.97 Å². The number of aliphatic hydroxyl groups excluding tert-OH is 1. The monoisotopic (exact) mass is 479 g/mol. The number of hydrogen-bond donors (Lipinski definition) is 4. The summed E-state index contributed by atoms with van der Waals surface area (Å²) in [4.78, 5) is 43.6. The summed E-state index contributed by atoms with van der Waals surface area (Å²) in [6, 6.07) is -0.637. The standard InChI is InChI=1S/C22H33N5O5S/c1-10-9-25(13(4)23)5-6-26(10)20(29)15-7-14(8-24-15)33-19-11(2)17-16(12(3)28)21(30)27(17)18(19)22(31)32/h10-12,14-17,23-24,28H,5-9H2,1-4H3,(H,31,32)/t10?,11?,12?,14?,15?,16?,17-/m0/s1. The van der Waals surface area contributed by atoms with E-state index in [-0.39, 0.29) is 46.8 Å². The summed E-state index contributed by atoms with van der Waals surface area (Å²) < 4.78 is 0. The number of amidine groups is 1. The molecule has 11 heteroatoms. The normalized spacial score (nSPS) is 34.9. The van der Waals surface area contributed by atoms with E-state index >= 15 is 0 Å². The van der Waals surface area contributed by atoms with Crippen molar-refractivity contribution in [2.24, 2.45) is 11.8 Å². The van der Waals surface area contributed by atoms with E-state index in [0.29, 0.717) is 43.3 Å². The van der Waals surface area contributed by atoms with Gasteiger partial charge < -0.3 is 30.2 Å². The summed E-state index contributed by atoms with van der Waals surface area (Å²) in [5.74, 6) is -1.65. The van der Waals surface area contributed by atoms with Crippen LogP contribution < -0.4 is 5.32 Å². The highest BCUT2D eigenvalue weighted by molar-refractivity contribution is 8.03. The Hall–Kier alpha value is -2.11. The first kappa shape index (κ1) is 24.0. The molecular formula is C22H33N5O5S. The van der Waals surface area contributed by atoms with Gasteiger partial charge in [0.25, 0.3) is 0 Å². The zero-order chi connectivity index (χ0) is 24.2. The fourth-order valence-electron chi connectivity index (χ4n) is 5.63. The maximum Gasteiger partial charge on any atom is 0.353 e. The summed E-state index contributed by atoms with van der Waals surface area (Å²) in [6.45, 7) is 9.70. The molecule has 0 aromatic carbocycles. The lowest BCUT2D eigenvalue weighted by Gasteiger charge is -2.46. The number of fused-ring (bicyclic) bond motifs is 1. The quantitative estimate of drug-likeness (QED) is 0.248. The van der Waals surface area contributed by atoms with Crippen LogP contribution in [0, 0.1) is 17.2 Å². The molecule has 0 saturated carbocycles. The average molecular weight is 480 g/mol. The van der Waals surface area contributed by atoms with Gasteiger partial charge in [0.05, 0.1) is 29.9 Å². The third kappa shape index (κ3) is 4.04. The molecule has 4 rings (SSSR count). The number of hydrogen-bond acceptors (Lipinski definition) is 7. The first-order valence-corrected chi connectivity index (χ1v) is 12.4. The van der Waals surface area contributed by atoms with Gasteiger partial charge in [-0.05, 0) is 27.2 Å². The van der Waals surface area contributed by atoms with Gasteiger partial charge in [0.15, 0.2) is 0 Å². The van der Waals surface area contributed by atoms with E-state index in [0.717, 1.165) is 0 Å². The molecule has 0 radical (unpaired) electrons. The predicted molar refractivity (Wildman–Crippen MR) is 124 cm³/mol. The lowest BCUT2D eigenvalue weighted by atomic mass is 9.79. The Labute approximate surface area is 197 Å². The third-order valence-electron chi connectivity index (χ3n) is 7.38. The summed E-state index contributed by atoms with van der Waals surface area (Å²) >= 11 is 1.45. The fourth-order valence-corrected chi connectivity index (χ4v) is 7.11. The van der Waals surface area contributed by atoms with Crippen LogP contribution >= 0.6 is 11.8 Å². The van der Waals surface area contributed by atoms with Gasteiger partial charge in [-0.2, -0.15) is 0 Å². The van der Waals surface area contributed by atoms with E-state index < -0.39 is 18.0 Å². The minimum atomic E-state index is -1.13. The van der Waals surface area contributed by atoms with Crippen molar-refractivity contribution in [3.63, 3.8) is 0 Å². The lowest BCUT2D eigenvalue weighted by molar-refractivity contribution is -0.163. The molecule has 3 saturated heterocycles. The van der Waals surface area contributed by atoms with E-state index in [1.807, 2.05) is 23.6 Å². The van der Waals surface area contributed by atoms with Crippen molar-refractivity contribution >= 4 is 35.4 Å². The molecule has 33 heavy (non-hydrogen) atoms. The first-order chi connectivity index (χ1) is 15.5. The topological polar surface area (TPSA) is 137 Å². The Morgan fingerprint density at radius 2 is 1.97 bits per heavy atom. The summed E-state index contributed by atoms with van der Waals surface area (Å²) in [6.07, 6.45) is -0.239. The number of rotatable bonds is 5. The Morgan fingerprint density at radius 3 is 2.55 bits per heavy atom. The van der Waals surface area contributed by atoms with Gasteiger partial charge in [0.1, 0.15) is 5.70 Å². The Kier molecular flexibility index (Phi) is 6.49. The van der Waals surface area contributed by atoms with Gasteiger partial charge in [-0.25, -0.2) is 4.79 Å². The van der Waals surface area contributed by atoms with Crippen LogP contribution in [0.3, 0.4) is 0 Å². The van der Waals surface area contributed by atoms with Crippen LogP contribution in [0.1, 0.15) is 34.1 Å². The van der Waals surface area contributed by atoms with Crippen molar-refractivity contribution in [3.05, 3.63) is 10.6 Å². The highest BCUT2D eigenvalue weighted by Crippen LogP contribution is 2.51. The largest absolute Gasteiger partial charge is 0.477 e. The molecule has 4 N–H and O–H groups in total. The Balaban J connectivity index is 1.42. The minimum absolute atomic E-state index is 0.0167. The number of carboxylic acid groups (broad SMARTS) is 1. The lowest BCUT2D eigenvalue weighted by Crippen LogP contribution is -2.63. The highest BCUT2D eigenvalue weighted by atomic mass is 32.2. The summed E-state index contributed by atoms with van der Waals surface area (Å²) in [7, 11) is 0. The van der Waals surface area contributed by atoms with Crippen LogP contribution in [0.5, 0.6) is 0 Å².